The topological polar surface area (TPSA) is 20.3 Å². The maximum atomic E-state index is 13.6. The molecule has 0 saturated carbocycles. The molecule has 2 aromatic rings. The summed E-state index contributed by atoms with van der Waals surface area (Å²) in [6.45, 7) is 4.34. The second-order valence-corrected chi connectivity index (χ2v) is 7.18. The molecule has 2 nitrogen and oxygen atoms in total. The summed E-state index contributed by atoms with van der Waals surface area (Å²) in [6.07, 6.45) is 3.39. The van der Waals surface area contributed by atoms with Crippen molar-refractivity contribution in [2.75, 3.05) is 14.1 Å². The summed E-state index contributed by atoms with van der Waals surface area (Å²) < 4.78 is 0. The molecule has 0 aliphatic heterocycles. The molecule has 1 atom stereocenters. The second-order valence-electron chi connectivity index (χ2n) is 7.18. The van der Waals surface area contributed by atoms with Gasteiger partial charge in [0.25, 0.3) is 0 Å². The highest BCUT2D eigenvalue weighted by molar-refractivity contribution is 5.94. The quantitative estimate of drug-likeness (QED) is 0.636. The fourth-order valence-electron chi connectivity index (χ4n) is 3.46. The molecule has 0 spiro atoms. The van der Waals surface area contributed by atoms with Crippen LogP contribution in [0.25, 0.3) is 0 Å². The normalized spacial score (nSPS) is 13.0. The molecular weight excluding hydrogens is 306 g/mol. The minimum atomic E-state index is -0.582. The number of rotatable bonds is 9. The lowest BCUT2D eigenvalue weighted by Gasteiger charge is -2.38. The van der Waals surface area contributed by atoms with E-state index >= 15 is 0 Å². The number of hydrogen-bond acceptors (Lipinski definition) is 2. The van der Waals surface area contributed by atoms with Crippen LogP contribution in [0.2, 0.25) is 0 Å². The zero-order chi connectivity index (χ0) is 18.3. The van der Waals surface area contributed by atoms with Gasteiger partial charge in [-0.05, 0) is 45.0 Å². The Morgan fingerprint density at radius 3 is 1.84 bits per heavy atom. The molecule has 0 amide bonds. The molecule has 0 aromatic heterocycles. The zero-order valence-corrected chi connectivity index (χ0v) is 16.0. The van der Waals surface area contributed by atoms with Gasteiger partial charge < -0.3 is 4.90 Å². The molecule has 0 bridgehead atoms. The van der Waals surface area contributed by atoms with Gasteiger partial charge in [-0.3, -0.25) is 4.79 Å². The molecule has 0 saturated heterocycles. The Kier molecular flexibility index (Phi) is 6.95. The van der Waals surface area contributed by atoms with Crippen LogP contribution < -0.4 is 0 Å². The highest BCUT2D eigenvalue weighted by Gasteiger charge is 2.42. The molecule has 0 unspecified atom stereocenters. The summed E-state index contributed by atoms with van der Waals surface area (Å²) in [6, 6.07) is 20.9. The van der Waals surface area contributed by atoms with E-state index in [1.165, 1.54) is 0 Å². The van der Waals surface area contributed by atoms with Crippen LogP contribution in [-0.4, -0.2) is 30.8 Å². The molecule has 2 rings (SSSR count). The molecule has 134 valence electrons. The van der Waals surface area contributed by atoms with E-state index < -0.39 is 5.41 Å². The molecule has 0 fully saturated rings. The van der Waals surface area contributed by atoms with E-state index in [0.29, 0.717) is 18.2 Å². The third kappa shape index (κ3) is 4.38. The SMILES string of the molecule is CCCCC(=O)C(C[C@H](C)N(C)C)(c1ccccc1)c1ccccc1. The second kappa shape index (κ2) is 8.96. The van der Waals surface area contributed by atoms with Crippen LogP contribution in [0.1, 0.15) is 50.7 Å². The van der Waals surface area contributed by atoms with Crippen molar-refractivity contribution in [1.82, 2.24) is 4.90 Å². The largest absolute Gasteiger partial charge is 0.307 e. The summed E-state index contributed by atoms with van der Waals surface area (Å²) in [5.74, 6) is 0.334. The third-order valence-corrected chi connectivity index (χ3v) is 5.25. The van der Waals surface area contributed by atoms with Gasteiger partial charge in [0.15, 0.2) is 0 Å². The summed E-state index contributed by atoms with van der Waals surface area (Å²) in [5.41, 5.74) is 1.63. The highest BCUT2D eigenvalue weighted by Crippen LogP contribution is 2.39. The lowest BCUT2D eigenvalue weighted by atomic mass is 9.66. The number of hydrogen-bond donors (Lipinski definition) is 0. The molecule has 2 aromatic carbocycles. The van der Waals surface area contributed by atoms with Crippen molar-refractivity contribution in [1.29, 1.82) is 0 Å². The average molecular weight is 338 g/mol. The van der Waals surface area contributed by atoms with Crippen LogP contribution >= 0.6 is 0 Å². The van der Waals surface area contributed by atoms with E-state index in [0.717, 1.165) is 30.4 Å². The van der Waals surface area contributed by atoms with Crippen molar-refractivity contribution in [2.45, 2.75) is 51.0 Å². The maximum absolute atomic E-state index is 13.6. The molecule has 0 radical (unpaired) electrons. The highest BCUT2D eigenvalue weighted by atomic mass is 16.1. The predicted octanol–water partition coefficient (Wildman–Crippen LogP) is 5.07. The molecule has 0 aliphatic rings. The molecular formula is C23H31NO. The third-order valence-electron chi connectivity index (χ3n) is 5.25. The Morgan fingerprint density at radius 2 is 1.44 bits per heavy atom. The van der Waals surface area contributed by atoms with Crippen molar-refractivity contribution in [3.05, 3.63) is 71.8 Å². The number of unbranched alkanes of at least 4 members (excludes halogenated alkanes) is 1. The van der Waals surface area contributed by atoms with Crippen molar-refractivity contribution in [3.63, 3.8) is 0 Å². The van der Waals surface area contributed by atoms with Gasteiger partial charge in [0, 0.05) is 12.5 Å². The zero-order valence-electron chi connectivity index (χ0n) is 16.0. The van der Waals surface area contributed by atoms with E-state index in [4.69, 9.17) is 0 Å². The summed E-state index contributed by atoms with van der Waals surface area (Å²) >= 11 is 0. The first kappa shape index (κ1) is 19.4. The number of ketones is 1. The van der Waals surface area contributed by atoms with Crippen molar-refractivity contribution in [3.8, 4) is 0 Å². The number of carbonyl (C=O) groups excluding carboxylic acids is 1. The molecule has 0 heterocycles. The predicted molar refractivity (Wildman–Crippen MR) is 106 cm³/mol. The van der Waals surface area contributed by atoms with Crippen LogP contribution in [-0.2, 0) is 10.2 Å². The number of Topliss-reactive ketones (excluding diaryl/α,β-unsaturated/α-hetero) is 1. The Hall–Kier alpha value is -1.93. The lowest BCUT2D eigenvalue weighted by Crippen LogP contribution is -2.43. The minimum absolute atomic E-state index is 0.297. The Labute approximate surface area is 152 Å². The first-order valence-electron chi connectivity index (χ1n) is 9.33. The molecule has 0 N–H and O–H groups in total. The molecule has 2 heteroatoms. The smallest absolute Gasteiger partial charge is 0.147 e. The first-order valence-corrected chi connectivity index (χ1v) is 9.33. The monoisotopic (exact) mass is 337 g/mol. The van der Waals surface area contributed by atoms with Crippen LogP contribution in [0.4, 0.5) is 0 Å². The van der Waals surface area contributed by atoms with E-state index in [2.05, 4.69) is 57.1 Å². The number of nitrogens with zero attached hydrogens (tertiary/aromatic N) is 1. The van der Waals surface area contributed by atoms with Crippen molar-refractivity contribution in [2.24, 2.45) is 0 Å². The van der Waals surface area contributed by atoms with Gasteiger partial charge in [-0.2, -0.15) is 0 Å². The maximum Gasteiger partial charge on any atom is 0.147 e. The van der Waals surface area contributed by atoms with E-state index in [1.807, 2.05) is 36.4 Å². The van der Waals surface area contributed by atoms with Gasteiger partial charge in [-0.15, -0.1) is 0 Å². The van der Waals surface area contributed by atoms with Gasteiger partial charge >= 0.3 is 0 Å². The average Bonchev–Trinajstić information content (AvgIpc) is 2.65. The van der Waals surface area contributed by atoms with Crippen LogP contribution in [0, 0.1) is 0 Å². The molecule has 25 heavy (non-hydrogen) atoms. The van der Waals surface area contributed by atoms with Crippen LogP contribution in [0.3, 0.4) is 0 Å². The van der Waals surface area contributed by atoms with Gasteiger partial charge in [-0.25, -0.2) is 0 Å². The van der Waals surface area contributed by atoms with Crippen molar-refractivity contribution >= 4 is 5.78 Å². The van der Waals surface area contributed by atoms with E-state index in [-0.39, 0.29) is 0 Å². The summed E-state index contributed by atoms with van der Waals surface area (Å²) in [5, 5.41) is 0. The van der Waals surface area contributed by atoms with Gasteiger partial charge in [0.1, 0.15) is 5.78 Å². The summed E-state index contributed by atoms with van der Waals surface area (Å²) in [4.78, 5) is 15.8. The van der Waals surface area contributed by atoms with Crippen molar-refractivity contribution < 1.29 is 4.79 Å². The van der Waals surface area contributed by atoms with E-state index in [9.17, 15) is 4.79 Å². The Balaban J connectivity index is 2.62. The van der Waals surface area contributed by atoms with Gasteiger partial charge in [0.05, 0.1) is 5.41 Å². The number of benzene rings is 2. The van der Waals surface area contributed by atoms with Gasteiger partial charge in [-0.1, -0.05) is 74.0 Å². The first-order chi connectivity index (χ1) is 12.0. The standard InChI is InChI=1S/C23H31NO/c1-5-6-17-22(25)23(18-19(2)24(3)4,20-13-9-7-10-14-20)21-15-11-8-12-16-21/h7-16,19H,5-6,17-18H2,1-4H3/t19-/m0/s1. The molecule has 0 aliphatic carbocycles. The lowest BCUT2D eigenvalue weighted by molar-refractivity contribution is -0.124. The number of carbonyl (C=O) groups is 1. The minimum Gasteiger partial charge on any atom is -0.307 e. The summed E-state index contributed by atoms with van der Waals surface area (Å²) in [7, 11) is 4.17. The Bertz CT molecular complexity index is 609. The van der Waals surface area contributed by atoms with Crippen LogP contribution in [0.15, 0.2) is 60.7 Å². The Morgan fingerprint density at radius 1 is 0.960 bits per heavy atom. The fourth-order valence-corrected chi connectivity index (χ4v) is 3.46. The van der Waals surface area contributed by atoms with Gasteiger partial charge in [0.2, 0.25) is 0 Å². The van der Waals surface area contributed by atoms with Crippen LogP contribution in [0.5, 0.6) is 0 Å². The van der Waals surface area contributed by atoms with E-state index in [1.54, 1.807) is 0 Å². The fraction of sp³-hybridized carbons (Fsp3) is 0.435.